The number of aromatic nitrogens is 1. The Morgan fingerprint density at radius 2 is 1.84 bits per heavy atom. The zero-order valence-electron chi connectivity index (χ0n) is 24.4. The Labute approximate surface area is 228 Å². The molecule has 2 unspecified atom stereocenters. The number of aliphatic hydroxyl groups is 1. The molecule has 0 aromatic carbocycles. The van der Waals surface area contributed by atoms with Crippen LogP contribution in [0.2, 0.25) is 0 Å². The first-order valence-electron chi connectivity index (χ1n) is 13.6. The Morgan fingerprint density at radius 1 is 1.21 bits per heavy atom. The number of rotatable bonds is 14. The van der Waals surface area contributed by atoms with E-state index in [-0.39, 0.29) is 30.5 Å². The first-order chi connectivity index (χ1) is 17.8. The minimum atomic E-state index is -1.14. The molecule has 6 N–H and O–H groups in total. The molecule has 1 fully saturated rings. The zero-order valence-corrected chi connectivity index (χ0v) is 24.4. The largest absolute Gasteiger partial charge is 0.475 e. The van der Waals surface area contributed by atoms with Gasteiger partial charge in [-0.1, -0.05) is 54.0 Å². The molecule has 2 rings (SSSR count). The fraction of sp³-hybridized carbons (Fsp3) is 0.714. The number of amides is 3. The molecular formula is C28H51N5O5. The van der Waals surface area contributed by atoms with Crippen LogP contribution in [0, 0.1) is 5.41 Å². The molecule has 3 atom stereocenters. The van der Waals surface area contributed by atoms with Gasteiger partial charge < -0.3 is 31.5 Å². The van der Waals surface area contributed by atoms with Crippen LogP contribution in [0.15, 0.2) is 18.3 Å². The van der Waals surface area contributed by atoms with Crippen LogP contribution in [0.1, 0.15) is 86.1 Å². The lowest BCUT2D eigenvalue weighted by Crippen LogP contribution is -2.48. The number of aliphatic hydroxyl groups excluding tert-OH is 1. The quantitative estimate of drug-likeness (QED) is 0.228. The second-order valence-corrected chi connectivity index (χ2v) is 11.0. The second-order valence-electron chi connectivity index (χ2n) is 11.0. The summed E-state index contributed by atoms with van der Waals surface area (Å²) >= 11 is 0. The fourth-order valence-corrected chi connectivity index (χ4v) is 2.87. The van der Waals surface area contributed by atoms with Crippen LogP contribution in [-0.2, 0) is 20.8 Å². The van der Waals surface area contributed by atoms with Gasteiger partial charge in [-0.2, -0.15) is 0 Å². The predicted molar refractivity (Wildman–Crippen MR) is 151 cm³/mol. The molecule has 1 aliphatic carbocycles. The summed E-state index contributed by atoms with van der Waals surface area (Å²) in [6.45, 7) is 15.3. The maximum Gasteiger partial charge on any atom is 0.251 e. The molecule has 1 aromatic rings. The van der Waals surface area contributed by atoms with E-state index in [2.05, 4.69) is 55.6 Å². The molecule has 10 heteroatoms. The number of nitrogens with one attached hydrogen (secondary N) is 3. The number of carbonyl (C=O) groups is 3. The summed E-state index contributed by atoms with van der Waals surface area (Å²) in [5.74, 6) is 0.0859. The molecule has 0 saturated heterocycles. The third kappa shape index (κ3) is 19.4. The normalized spacial score (nSPS) is 14.8. The highest BCUT2D eigenvalue weighted by molar-refractivity contribution is 5.82. The van der Waals surface area contributed by atoms with Crippen LogP contribution in [0.5, 0.6) is 5.88 Å². The maximum absolute atomic E-state index is 11.5. The number of aryl methyl sites for hydroxylation is 1. The van der Waals surface area contributed by atoms with Crippen molar-refractivity contribution in [3.8, 4) is 5.88 Å². The van der Waals surface area contributed by atoms with Gasteiger partial charge in [-0.05, 0) is 43.6 Å². The Bertz CT molecular complexity index is 788. The third-order valence-electron chi connectivity index (χ3n) is 5.04. The molecule has 1 saturated carbocycles. The molecule has 38 heavy (non-hydrogen) atoms. The van der Waals surface area contributed by atoms with E-state index in [1.807, 2.05) is 32.2 Å². The van der Waals surface area contributed by atoms with Gasteiger partial charge in [0, 0.05) is 31.3 Å². The number of hydrogen-bond donors (Lipinski definition) is 5. The first kappa shape index (κ1) is 35.3. The number of nitrogens with zero attached hydrogens (tertiary/aromatic N) is 1. The van der Waals surface area contributed by atoms with Crippen LogP contribution in [0.3, 0.4) is 0 Å². The molecule has 218 valence electrons. The van der Waals surface area contributed by atoms with Crippen molar-refractivity contribution in [2.24, 2.45) is 11.1 Å². The highest BCUT2D eigenvalue weighted by Gasteiger charge is 2.30. The van der Waals surface area contributed by atoms with Crippen molar-refractivity contribution >= 4 is 18.2 Å². The highest BCUT2D eigenvalue weighted by Crippen LogP contribution is 2.19. The molecule has 1 aliphatic rings. The van der Waals surface area contributed by atoms with Gasteiger partial charge in [0.25, 0.3) is 5.91 Å². The molecule has 1 heterocycles. The first-order valence-corrected chi connectivity index (χ1v) is 13.6. The molecule has 0 spiro atoms. The topological polar surface area (TPSA) is 156 Å². The van der Waals surface area contributed by atoms with Crippen LogP contribution in [0.4, 0.5) is 0 Å². The monoisotopic (exact) mass is 537 g/mol. The van der Waals surface area contributed by atoms with Crippen molar-refractivity contribution in [3.63, 3.8) is 0 Å². The average molecular weight is 538 g/mol. The molecule has 3 amide bonds. The predicted octanol–water partition coefficient (Wildman–Crippen LogP) is 2.47. The summed E-state index contributed by atoms with van der Waals surface area (Å²) in [4.78, 5) is 36.9. The number of nitrogens with two attached hydrogens (primary N) is 1. The Kier molecular flexibility index (Phi) is 18.0. The van der Waals surface area contributed by atoms with E-state index in [4.69, 9.17) is 10.5 Å². The summed E-state index contributed by atoms with van der Waals surface area (Å²) in [5, 5.41) is 17.6. The summed E-state index contributed by atoms with van der Waals surface area (Å²) < 4.78 is 5.64. The van der Waals surface area contributed by atoms with Crippen molar-refractivity contribution in [2.45, 2.75) is 111 Å². The van der Waals surface area contributed by atoms with E-state index in [1.165, 1.54) is 5.56 Å². The van der Waals surface area contributed by atoms with E-state index in [9.17, 15) is 19.5 Å². The zero-order chi connectivity index (χ0) is 29.1. The lowest BCUT2D eigenvalue weighted by atomic mass is 10.0. The van der Waals surface area contributed by atoms with Crippen molar-refractivity contribution in [3.05, 3.63) is 23.9 Å². The van der Waals surface area contributed by atoms with Gasteiger partial charge in [0.05, 0.1) is 18.7 Å². The molecule has 10 nitrogen and oxygen atoms in total. The summed E-state index contributed by atoms with van der Waals surface area (Å²) in [7, 11) is 0. The van der Waals surface area contributed by atoms with Gasteiger partial charge in [0.1, 0.15) is 0 Å². The molecule has 0 aliphatic heterocycles. The van der Waals surface area contributed by atoms with Crippen molar-refractivity contribution in [1.29, 1.82) is 0 Å². The summed E-state index contributed by atoms with van der Waals surface area (Å²) in [5.41, 5.74) is 6.87. The van der Waals surface area contributed by atoms with Crippen molar-refractivity contribution in [2.75, 3.05) is 13.1 Å². The van der Waals surface area contributed by atoms with Crippen LogP contribution in [0.25, 0.3) is 0 Å². The van der Waals surface area contributed by atoms with E-state index >= 15 is 0 Å². The highest BCUT2D eigenvalue weighted by atomic mass is 16.5. The van der Waals surface area contributed by atoms with E-state index in [0.717, 1.165) is 32.1 Å². The van der Waals surface area contributed by atoms with Gasteiger partial charge in [0.2, 0.25) is 18.2 Å². The standard InChI is InChI=1S/C13H21N3O2.C10H18N2O3.C5H12/c1-3-11-4-5-13(16-9-11)18-10(2)6-7-15-12(17)8-14;1-2-3-8(11-6-13)9(14)10(15)12-7-4-5-7;1-5(2,3)4/h4-5,9-10H,3,6-8,14H2,1-2H3,(H,15,17);6-9,14H,2-5H2,1H3,(H,11,13)(H,12,15);1-4H3/t;8-,9?;/m.0./s1. The number of hydrogen-bond acceptors (Lipinski definition) is 7. The lowest BCUT2D eigenvalue weighted by Gasteiger charge is -2.20. The molecule has 1 aromatic heterocycles. The molecular weight excluding hydrogens is 486 g/mol. The SMILES string of the molecule is CC(C)(C)C.CCC[C@H](NC=O)C(O)C(=O)NC1CC1.CCc1ccc(OC(C)CCNC(=O)CN)nc1. The van der Waals surface area contributed by atoms with E-state index in [1.54, 1.807) is 0 Å². The maximum atomic E-state index is 11.5. The van der Waals surface area contributed by atoms with E-state index in [0.29, 0.717) is 30.7 Å². The van der Waals surface area contributed by atoms with Crippen molar-refractivity contribution < 1.29 is 24.2 Å². The van der Waals surface area contributed by atoms with Gasteiger partial charge in [-0.3, -0.25) is 14.4 Å². The Balaban J connectivity index is 0.000000619. The van der Waals surface area contributed by atoms with E-state index < -0.39 is 12.1 Å². The van der Waals surface area contributed by atoms with Gasteiger partial charge in [-0.15, -0.1) is 0 Å². The minimum absolute atomic E-state index is 0.00283. The third-order valence-corrected chi connectivity index (χ3v) is 5.04. The number of ether oxygens (including phenoxy) is 1. The smallest absolute Gasteiger partial charge is 0.251 e. The van der Waals surface area contributed by atoms with Gasteiger partial charge in [-0.25, -0.2) is 4.98 Å². The molecule has 0 radical (unpaired) electrons. The fourth-order valence-electron chi connectivity index (χ4n) is 2.87. The number of carbonyl (C=O) groups excluding carboxylic acids is 3. The molecule has 0 bridgehead atoms. The Morgan fingerprint density at radius 3 is 2.29 bits per heavy atom. The van der Waals surface area contributed by atoms with Gasteiger partial charge in [0.15, 0.2) is 6.10 Å². The van der Waals surface area contributed by atoms with Crippen molar-refractivity contribution in [1.82, 2.24) is 20.9 Å². The summed E-state index contributed by atoms with van der Waals surface area (Å²) in [6.07, 6.45) is 6.26. The number of pyridine rings is 1. The second kappa shape index (κ2) is 19.4. The lowest BCUT2D eigenvalue weighted by molar-refractivity contribution is -0.131. The average Bonchev–Trinajstić information content (AvgIpc) is 3.67. The van der Waals surface area contributed by atoms with Crippen LogP contribution < -0.4 is 26.4 Å². The van der Waals surface area contributed by atoms with Gasteiger partial charge >= 0.3 is 0 Å². The van der Waals surface area contributed by atoms with Crippen LogP contribution >= 0.6 is 0 Å². The summed E-state index contributed by atoms with van der Waals surface area (Å²) in [6, 6.07) is 3.62. The minimum Gasteiger partial charge on any atom is -0.475 e. The van der Waals surface area contributed by atoms with Crippen LogP contribution in [-0.4, -0.2) is 65.7 Å². The Hall–Kier alpha value is -2.72.